The van der Waals surface area contributed by atoms with Crippen molar-refractivity contribution in [2.45, 2.75) is 25.3 Å². The smallest absolute Gasteiger partial charge is 0.223 e. The predicted molar refractivity (Wildman–Crippen MR) is 132 cm³/mol. The number of nitrogen functional groups attached to an aromatic ring is 1. The molecule has 0 unspecified atom stereocenters. The minimum atomic E-state index is 0.101. The van der Waals surface area contributed by atoms with E-state index in [-0.39, 0.29) is 11.9 Å². The first-order valence-electron chi connectivity index (χ1n) is 11.3. The normalized spacial score (nSPS) is 14.4. The van der Waals surface area contributed by atoms with Crippen LogP contribution < -0.4 is 10.5 Å². The number of anilines is 1. The maximum absolute atomic E-state index is 12.2. The summed E-state index contributed by atoms with van der Waals surface area (Å²) in [7, 11) is 0. The van der Waals surface area contributed by atoms with Crippen LogP contribution in [-0.2, 0) is 4.79 Å². The second kappa shape index (κ2) is 9.69. The van der Waals surface area contributed by atoms with Crippen LogP contribution in [-0.4, -0.2) is 49.5 Å². The van der Waals surface area contributed by atoms with Gasteiger partial charge in [-0.2, -0.15) is 5.10 Å². The molecule has 0 radical (unpaired) electrons. The maximum atomic E-state index is 12.2. The fourth-order valence-corrected chi connectivity index (χ4v) is 4.52. The van der Waals surface area contributed by atoms with Gasteiger partial charge in [0, 0.05) is 31.0 Å². The minimum absolute atomic E-state index is 0.101. The second-order valence-corrected chi connectivity index (χ2v) is 8.62. The van der Waals surface area contributed by atoms with Crippen molar-refractivity contribution in [3.05, 3.63) is 60.9 Å². The summed E-state index contributed by atoms with van der Waals surface area (Å²) in [6.45, 7) is 1.34. The molecule has 5 rings (SSSR count). The molecular weight excluding hydrogens is 452 g/mol. The van der Waals surface area contributed by atoms with Crippen molar-refractivity contribution >= 4 is 34.4 Å². The van der Waals surface area contributed by atoms with E-state index in [1.54, 1.807) is 0 Å². The number of carbonyl (C=O) groups is 1. The summed E-state index contributed by atoms with van der Waals surface area (Å²) < 4.78 is 7.86. The van der Waals surface area contributed by atoms with Crippen LogP contribution in [0.25, 0.3) is 22.3 Å². The van der Waals surface area contributed by atoms with Crippen LogP contribution in [0.1, 0.15) is 25.3 Å². The van der Waals surface area contributed by atoms with Gasteiger partial charge in [0.15, 0.2) is 5.65 Å². The predicted octanol–water partition coefficient (Wildman–Crippen LogP) is 4.66. The van der Waals surface area contributed by atoms with Crippen molar-refractivity contribution in [3.63, 3.8) is 0 Å². The summed E-state index contributed by atoms with van der Waals surface area (Å²) in [6, 6.07) is 17.5. The summed E-state index contributed by atoms with van der Waals surface area (Å²) in [5, 5.41) is 5.67. The first kappa shape index (κ1) is 22.2. The third-order valence-corrected chi connectivity index (χ3v) is 6.29. The standard InChI is InChI=1S/C25H25ClN6O2/c26-13-10-21(33)31-14-11-18(12-15-31)32-25-22(24(27)28-16-29-25)23(30-32)17-6-8-20(9-7-17)34-19-4-2-1-3-5-19/h1-9,16,18H,10-15H2,(H2,27,28,29). The fourth-order valence-electron chi connectivity index (χ4n) is 4.36. The Bertz CT molecular complexity index is 1280. The number of benzene rings is 2. The lowest BCUT2D eigenvalue weighted by Crippen LogP contribution is -2.39. The third-order valence-electron chi connectivity index (χ3n) is 6.10. The van der Waals surface area contributed by atoms with Crippen LogP contribution in [0.5, 0.6) is 11.5 Å². The van der Waals surface area contributed by atoms with Gasteiger partial charge in [-0.25, -0.2) is 14.6 Å². The van der Waals surface area contributed by atoms with Gasteiger partial charge in [-0.3, -0.25) is 4.79 Å². The molecule has 1 aliphatic rings. The van der Waals surface area contributed by atoms with Crippen LogP contribution in [0.2, 0.25) is 0 Å². The van der Waals surface area contributed by atoms with E-state index in [0.717, 1.165) is 41.0 Å². The summed E-state index contributed by atoms with van der Waals surface area (Å²) >= 11 is 5.74. The van der Waals surface area contributed by atoms with E-state index < -0.39 is 0 Å². The molecule has 0 aliphatic carbocycles. The lowest BCUT2D eigenvalue weighted by molar-refractivity contribution is -0.132. The average Bonchev–Trinajstić information content (AvgIpc) is 3.26. The number of halogens is 1. The highest BCUT2D eigenvalue weighted by molar-refractivity contribution is 6.18. The van der Waals surface area contributed by atoms with Crippen molar-refractivity contribution < 1.29 is 9.53 Å². The van der Waals surface area contributed by atoms with Crippen molar-refractivity contribution in [2.24, 2.45) is 0 Å². The molecule has 1 saturated heterocycles. The number of amides is 1. The van der Waals surface area contributed by atoms with Crippen LogP contribution >= 0.6 is 11.6 Å². The molecule has 8 nitrogen and oxygen atoms in total. The molecule has 2 aromatic carbocycles. The van der Waals surface area contributed by atoms with Crippen molar-refractivity contribution in [1.29, 1.82) is 0 Å². The molecule has 0 atom stereocenters. The number of ether oxygens (including phenoxy) is 1. The van der Waals surface area contributed by atoms with Gasteiger partial charge in [-0.1, -0.05) is 18.2 Å². The number of piperidine rings is 1. The Kier molecular flexibility index (Phi) is 6.31. The van der Waals surface area contributed by atoms with Gasteiger partial charge in [0.05, 0.1) is 11.4 Å². The number of aromatic nitrogens is 4. The first-order valence-corrected chi connectivity index (χ1v) is 11.8. The van der Waals surface area contributed by atoms with Gasteiger partial charge >= 0.3 is 0 Å². The maximum Gasteiger partial charge on any atom is 0.223 e. The first-order chi connectivity index (χ1) is 16.6. The molecule has 1 aliphatic heterocycles. The Morgan fingerprint density at radius 1 is 1.03 bits per heavy atom. The van der Waals surface area contributed by atoms with Crippen molar-refractivity contribution in [2.75, 3.05) is 24.7 Å². The highest BCUT2D eigenvalue weighted by Crippen LogP contribution is 2.35. The molecule has 34 heavy (non-hydrogen) atoms. The fraction of sp³-hybridized carbons (Fsp3) is 0.280. The molecule has 4 aromatic rings. The van der Waals surface area contributed by atoms with Crippen molar-refractivity contribution in [3.8, 4) is 22.8 Å². The molecule has 2 aromatic heterocycles. The Morgan fingerprint density at radius 2 is 1.74 bits per heavy atom. The largest absolute Gasteiger partial charge is 0.457 e. The number of rotatable bonds is 6. The van der Waals surface area contributed by atoms with Gasteiger partial charge in [0.1, 0.15) is 29.3 Å². The zero-order chi connectivity index (χ0) is 23.5. The van der Waals surface area contributed by atoms with Gasteiger partial charge < -0.3 is 15.4 Å². The van der Waals surface area contributed by atoms with Crippen LogP contribution in [0, 0.1) is 0 Å². The SMILES string of the molecule is Nc1ncnc2c1c(-c1ccc(Oc3ccccc3)cc1)nn2C1CCN(C(=O)CCCl)CC1. The molecule has 0 spiro atoms. The molecule has 0 bridgehead atoms. The zero-order valence-corrected chi connectivity index (χ0v) is 19.4. The van der Waals surface area contributed by atoms with E-state index in [2.05, 4.69) is 9.97 Å². The van der Waals surface area contributed by atoms with Crippen LogP contribution in [0.3, 0.4) is 0 Å². The van der Waals surface area contributed by atoms with E-state index >= 15 is 0 Å². The lowest BCUT2D eigenvalue weighted by Gasteiger charge is -2.32. The Balaban J connectivity index is 1.42. The molecule has 9 heteroatoms. The number of likely N-dealkylation sites (tertiary alicyclic amines) is 1. The van der Waals surface area contributed by atoms with E-state index in [4.69, 9.17) is 27.2 Å². The number of hydrogen-bond acceptors (Lipinski definition) is 6. The number of carbonyl (C=O) groups excluding carboxylic acids is 1. The van der Waals surface area contributed by atoms with Gasteiger partial charge in [0.25, 0.3) is 0 Å². The number of nitrogens with two attached hydrogens (primary N) is 1. The number of alkyl halides is 1. The minimum Gasteiger partial charge on any atom is -0.457 e. The molecule has 3 heterocycles. The summed E-state index contributed by atoms with van der Waals surface area (Å²) in [5.41, 5.74) is 8.62. The molecule has 2 N–H and O–H groups in total. The Morgan fingerprint density at radius 3 is 2.44 bits per heavy atom. The monoisotopic (exact) mass is 476 g/mol. The van der Waals surface area contributed by atoms with E-state index in [1.165, 1.54) is 6.33 Å². The Hall–Kier alpha value is -3.65. The summed E-state index contributed by atoms with van der Waals surface area (Å²) in [6.07, 6.45) is 3.42. The van der Waals surface area contributed by atoms with Gasteiger partial charge in [-0.05, 0) is 49.2 Å². The summed E-state index contributed by atoms with van der Waals surface area (Å²) in [4.78, 5) is 22.8. The number of para-hydroxylation sites is 1. The molecule has 1 fully saturated rings. The zero-order valence-electron chi connectivity index (χ0n) is 18.6. The second-order valence-electron chi connectivity index (χ2n) is 8.24. The van der Waals surface area contributed by atoms with Crippen molar-refractivity contribution in [1.82, 2.24) is 24.6 Å². The number of hydrogen-bond donors (Lipinski definition) is 1. The quantitative estimate of drug-likeness (QED) is 0.406. The Labute approximate surface area is 202 Å². The average molecular weight is 477 g/mol. The highest BCUT2D eigenvalue weighted by Gasteiger charge is 2.27. The topological polar surface area (TPSA) is 99.2 Å². The van der Waals surface area contributed by atoms with Crippen LogP contribution in [0.4, 0.5) is 5.82 Å². The molecule has 1 amide bonds. The number of nitrogens with zero attached hydrogens (tertiary/aromatic N) is 5. The lowest BCUT2D eigenvalue weighted by atomic mass is 10.0. The van der Waals surface area contributed by atoms with E-state index in [0.29, 0.717) is 36.9 Å². The van der Waals surface area contributed by atoms with E-state index in [1.807, 2.05) is 64.2 Å². The third kappa shape index (κ3) is 4.41. The van der Waals surface area contributed by atoms with E-state index in [9.17, 15) is 4.79 Å². The number of fused-ring (bicyclic) bond motifs is 1. The van der Waals surface area contributed by atoms with Crippen LogP contribution in [0.15, 0.2) is 60.9 Å². The molecule has 0 saturated carbocycles. The van der Waals surface area contributed by atoms with Gasteiger partial charge in [-0.15, -0.1) is 11.6 Å². The van der Waals surface area contributed by atoms with Gasteiger partial charge in [0.2, 0.25) is 5.91 Å². The summed E-state index contributed by atoms with van der Waals surface area (Å²) in [5.74, 6) is 2.35. The highest BCUT2D eigenvalue weighted by atomic mass is 35.5. The molecular formula is C25H25ClN6O2. The molecule has 174 valence electrons.